The van der Waals surface area contributed by atoms with Gasteiger partial charge >= 0.3 is 33.6 Å². The van der Waals surface area contributed by atoms with Crippen molar-refractivity contribution in [2.45, 2.75) is 283 Å². The van der Waals surface area contributed by atoms with E-state index in [0.717, 1.165) is 161 Å². The van der Waals surface area contributed by atoms with Crippen molar-refractivity contribution in [2.24, 2.45) is 0 Å². The van der Waals surface area contributed by atoms with E-state index in [1.54, 1.807) is 0 Å². The molecule has 93 heavy (non-hydrogen) atoms. The summed E-state index contributed by atoms with van der Waals surface area (Å²) in [6.45, 7) is 2.31. The molecule has 0 saturated carbocycles. The minimum atomic E-state index is -4.94. The Balaban J connectivity index is 4.54. The van der Waals surface area contributed by atoms with E-state index in [4.69, 9.17) is 32.3 Å². The Kier molecular flexibility index (Phi) is 64.5. The van der Waals surface area contributed by atoms with Crippen molar-refractivity contribution in [3.63, 3.8) is 0 Å². The largest absolute Gasteiger partial charge is 0.472 e. The number of carbonyl (C=O) groups is 3. The molecule has 0 aliphatic carbocycles. The first-order valence-corrected chi connectivity index (χ1v) is 38.5. The molecule has 0 saturated heterocycles. The lowest BCUT2D eigenvalue weighted by Gasteiger charge is -2.21. The molecule has 0 amide bonds. The standard InChI is InChI=1S/C75H126O16P2/c1-4-7-10-13-16-19-22-25-27-29-30-31-32-33-34-35-36-37-38-40-42-44-46-49-52-55-58-61-73(78)85-64-70(76)65-87-92(81,82)88-66-71(77)67-89-93(83,84)90-69-72(91-75(80)63-60-57-54-51-48-43-24-21-18-15-12-9-6-3)68-86-74(79)62-59-56-53-50-47-45-41-39-28-26-23-20-17-14-11-8-5-2/h7-8,10-12,15-17,19-21,24-28,30-31,33-34,41,45,70-72,76-77H,4-6,9,13-14,18,22-23,29,32,35-40,42-44,46-69H2,1-3H3,(H,81,82)(H,83,84)/b10-7-,11-8-,15-12-,19-16-,20-17-,24-21-,27-25-,28-26-,31-30-,34-33-,45-41-. The molecule has 0 aromatic carbocycles. The van der Waals surface area contributed by atoms with Crippen molar-refractivity contribution < 1.29 is 75.8 Å². The lowest BCUT2D eigenvalue weighted by Crippen LogP contribution is -2.30. The molecule has 0 aromatic rings. The monoisotopic (exact) mass is 1340 g/mol. The second-order valence-electron chi connectivity index (χ2n) is 23.3. The fraction of sp³-hybridized carbons (Fsp3) is 0.667. The topological polar surface area (TPSA) is 231 Å². The maximum absolute atomic E-state index is 12.9. The second-order valence-corrected chi connectivity index (χ2v) is 26.2. The second kappa shape index (κ2) is 67.7. The van der Waals surface area contributed by atoms with E-state index in [1.165, 1.54) is 44.9 Å². The molecule has 532 valence electrons. The third kappa shape index (κ3) is 68.9. The van der Waals surface area contributed by atoms with Crippen molar-refractivity contribution in [2.75, 3.05) is 39.6 Å². The van der Waals surface area contributed by atoms with Gasteiger partial charge in [-0.15, -0.1) is 0 Å². The summed E-state index contributed by atoms with van der Waals surface area (Å²) in [6, 6.07) is 0. The molecular weight excluding hydrogens is 1220 g/mol. The van der Waals surface area contributed by atoms with Crippen LogP contribution in [0.5, 0.6) is 0 Å². The van der Waals surface area contributed by atoms with Gasteiger partial charge in [-0.25, -0.2) is 9.13 Å². The highest BCUT2D eigenvalue weighted by atomic mass is 31.2. The third-order valence-electron chi connectivity index (χ3n) is 14.3. The van der Waals surface area contributed by atoms with Crippen LogP contribution in [-0.2, 0) is 55.8 Å². The van der Waals surface area contributed by atoms with E-state index in [9.17, 15) is 43.5 Å². The number of aliphatic hydroxyl groups excluding tert-OH is 2. The van der Waals surface area contributed by atoms with Crippen molar-refractivity contribution in [1.82, 2.24) is 0 Å². The summed E-state index contributed by atoms with van der Waals surface area (Å²) in [5.74, 6) is -1.63. The Morgan fingerprint density at radius 3 is 0.903 bits per heavy atom. The molecule has 0 bridgehead atoms. The maximum atomic E-state index is 12.9. The van der Waals surface area contributed by atoms with Crippen LogP contribution < -0.4 is 0 Å². The quantitative estimate of drug-likeness (QED) is 0.0146. The highest BCUT2D eigenvalue weighted by Gasteiger charge is 2.29. The molecule has 0 heterocycles. The van der Waals surface area contributed by atoms with E-state index in [1.807, 2.05) is 0 Å². The van der Waals surface area contributed by atoms with Gasteiger partial charge in [0.15, 0.2) is 6.10 Å². The van der Waals surface area contributed by atoms with E-state index in [2.05, 4.69) is 154 Å². The van der Waals surface area contributed by atoms with Crippen LogP contribution in [0.25, 0.3) is 0 Å². The number of phosphoric acid groups is 2. The lowest BCUT2D eigenvalue weighted by atomic mass is 10.0. The predicted molar refractivity (Wildman–Crippen MR) is 380 cm³/mol. The third-order valence-corrected chi connectivity index (χ3v) is 16.2. The molecule has 4 N–H and O–H groups in total. The Hall–Kier alpha value is -4.31. The van der Waals surface area contributed by atoms with Crippen LogP contribution in [0.4, 0.5) is 0 Å². The van der Waals surface area contributed by atoms with Crippen molar-refractivity contribution in [3.8, 4) is 0 Å². The molecule has 0 radical (unpaired) electrons. The van der Waals surface area contributed by atoms with Gasteiger partial charge in [0.2, 0.25) is 0 Å². The summed E-state index contributed by atoms with van der Waals surface area (Å²) in [5, 5.41) is 20.6. The predicted octanol–water partition coefficient (Wildman–Crippen LogP) is 20.0. The number of hydrogen-bond donors (Lipinski definition) is 4. The molecule has 0 aromatic heterocycles. The molecule has 16 nitrogen and oxygen atoms in total. The zero-order chi connectivity index (χ0) is 68.1. The molecule has 18 heteroatoms. The first kappa shape index (κ1) is 88.7. The van der Waals surface area contributed by atoms with Crippen LogP contribution in [-0.4, -0.2) is 95.9 Å². The number of esters is 3. The number of aliphatic hydroxyl groups is 2. The molecule has 0 aliphatic heterocycles. The number of rotatable bonds is 66. The van der Waals surface area contributed by atoms with Crippen LogP contribution in [0.2, 0.25) is 0 Å². The summed E-state index contributed by atoms with van der Waals surface area (Å²) in [4.78, 5) is 58.4. The van der Waals surface area contributed by atoms with E-state index < -0.39 is 91.5 Å². The Labute approximate surface area is 563 Å². The van der Waals surface area contributed by atoms with Gasteiger partial charge in [0.1, 0.15) is 25.4 Å². The van der Waals surface area contributed by atoms with Gasteiger partial charge in [0, 0.05) is 19.3 Å². The summed E-state index contributed by atoms with van der Waals surface area (Å²) in [7, 11) is -9.79. The normalized spacial score (nSPS) is 15.0. The molecular formula is C75H126O16P2. The number of phosphoric ester groups is 2. The fourth-order valence-corrected chi connectivity index (χ4v) is 10.6. The van der Waals surface area contributed by atoms with Gasteiger partial charge in [0.05, 0.1) is 26.4 Å². The molecule has 0 aliphatic rings. The molecule has 5 atom stereocenters. The average molecular weight is 1350 g/mol. The SMILES string of the molecule is CC/C=C\C/C=C\C/C=C\C/C=C\C/C=C\CCCCCCCCCCCCCC(=O)OCC(O)COP(=O)(O)OCC(O)COP(=O)(O)OCC(COC(=O)CCCCCC/C=C\C/C=C\C/C=C\C/C=C\CC)OC(=O)CCCCCCC/C=C\C/C=C\CCC. The van der Waals surface area contributed by atoms with Crippen LogP contribution in [0, 0.1) is 0 Å². The number of ether oxygens (including phenoxy) is 3. The highest BCUT2D eigenvalue weighted by molar-refractivity contribution is 7.47. The maximum Gasteiger partial charge on any atom is 0.472 e. The van der Waals surface area contributed by atoms with Gasteiger partial charge in [-0.2, -0.15) is 0 Å². The first-order chi connectivity index (χ1) is 45.2. The van der Waals surface area contributed by atoms with Gasteiger partial charge in [-0.05, 0) is 128 Å². The number of carbonyl (C=O) groups excluding carboxylic acids is 3. The smallest absolute Gasteiger partial charge is 0.463 e. The van der Waals surface area contributed by atoms with E-state index in [0.29, 0.717) is 19.3 Å². The van der Waals surface area contributed by atoms with Gasteiger partial charge < -0.3 is 34.2 Å². The van der Waals surface area contributed by atoms with Gasteiger partial charge in [-0.1, -0.05) is 251 Å². The van der Waals surface area contributed by atoms with Crippen molar-refractivity contribution >= 4 is 33.6 Å². The Morgan fingerprint density at radius 1 is 0.312 bits per heavy atom. The minimum absolute atomic E-state index is 0.0795. The molecule has 0 spiro atoms. The zero-order valence-corrected chi connectivity index (χ0v) is 59.4. The number of allylic oxidation sites excluding steroid dienone is 22. The lowest BCUT2D eigenvalue weighted by molar-refractivity contribution is -0.161. The zero-order valence-electron chi connectivity index (χ0n) is 57.6. The number of hydrogen-bond acceptors (Lipinski definition) is 14. The van der Waals surface area contributed by atoms with Gasteiger partial charge in [0.25, 0.3) is 0 Å². The summed E-state index contributed by atoms with van der Waals surface area (Å²) >= 11 is 0. The highest BCUT2D eigenvalue weighted by Crippen LogP contribution is 2.45. The van der Waals surface area contributed by atoms with Crippen LogP contribution in [0.3, 0.4) is 0 Å². The Bertz CT molecular complexity index is 2230. The summed E-state index contributed by atoms with van der Waals surface area (Å²) in [6.07, 6.45) is 79.4. The summed E-state index contributed by atoms with van der Waals surface area (Å²) in [5.41, 5.74) is 0. The molecule has 5 unspecified atom stereocenters. The van der Waals surface area contributed by atoms with E-state index in [-0.39, 0.29) is 19.3 Å². The van der Waals surface area contributed by atoms with Crippen LogP contribution in [0.1, 0.15) is 265 Å². The summed E-state index contributed by atoms with van der Waals surface area (Å²) < 4.78 is 60.9. The van der Waals surface area contributed by atoms with E-state index >= 15 is 0 Å². The average Bonchev–Trinajstić information content (AvgIpc) is 2.77. The van der Waals surface area contributed by atoms with Crippen LogP contribution in [0.15, 0.2) is 134 Å². The van der Waals surface area contributed by atoms with Crippen LogP contribution >= 0.6 is 15.6 Å². The Morgan fingerprint density at radius 2 is 0.570 bits per heavy atom. The van der Waals surface area contributed by atoms with Gasteiger partial charge in [-0.3, -0.25) is 32.5 Å². The molecule has 0 rings (SSSR count). The fourth-order valence-electron chi connectivity index (χ4n) is 8.98. The van der Waals surface area contributed by atoms with Crippen molar-refractivity contribution in [1.29, 1.82) is 0 Å². The molecule has 0 fully saturated rings. The number of unbranched alkanes of at least 4 members (excludes halogenated alkanes) is 21. The minimum Gasteiger partial charge on any atom is -0.463 e. The first-order valence-electron chi connectivity index (χ1n) is 35.5. The van der Waals surface area contributed by atoms with Crippen molar-refractivity contribution in [3.05, 3.63) is 134 Å².